The lowest BCUT2D eigenvalue weighted by Crippen LogP contribution is -2.43. The Bertz CT molecular complexity index is 958. The van der Waals surface area contributed by atoms with Crippen LogP contribution in [0.2, 0.25) is 10.0 Å². The first-order valence-corrected chi connectivity index (χ1v) is 11.8. The summed E-state index contributed by atoms with van der Waals surface area (Å²) in [5.74, 6) is -0.0235. The molecule has 0 heterocycles. The minimum Gasteiger partial charge on any atom is -0.387 e. The van der Waals surface area contributed by atoms with Gasteiger partial charge in [0, 0.05) is 23.7 Å². The van der Waals surface area contributed by atoms with E-state index >= 15 is 0 Å². The standard InChI is InChI=1S/C25H33Cl2N3O3/c1-6-16(2)30(15-22(31)18-9-12-20(26)21(27)13-18)24(33)29-19-10-7-17(8-11-19)14-28-23(32)25(3,4)5/h7-13,16,22,31H,6,14-15H2,1-5H3,(H,28,32)(H,29,33)/t16-,22+/m0/s1. The molecule has 2 rings (SSSR count). The molecule has 0 unspecified atom stereocenters. The molecule has 180 valence electrons. The van der Waals surface area contributed by atoms with E-state index in [0.29, 0.717) is 27.8 Å². The first kappa shape index (κ1) is 27.0. The Labute approximate surface area is 206 Å². The van der Waals surface area contributed by atoms with Gasteiger partial charge in [0.25, 0.3) is 0 Å². The molecule has 2 aromatic carbocycles. The van der Waals surface area contributed by atoms with E-state index in [1.165, 1.54) is 0 Å². The predicted molar refractivity (Wildman–Crippen MR) is 135 cm³/mol. The van der Waals surface area contributed by atoms with Gasteiger partial charge in [-0.25, -0.2) is 4.79 Å². The summed E-state index contributed by atoms with van der Waals surface area (Å²) in [7, 11) is 0. The lowest BCUT2D eigenvalue weighted by Gasteiger charge is -2.31. The lowest BCUT2D eigenvalue weighted by molar-refractivity contribution is -0.128. The molecule has 0 aromatic heterocycles. The minimum atomic E-state index is -0.909. The molecular weight excluding hydrogens is 461 g/mol. The van der Waals surface area contributed by atoms with Gasteiger partial charge in [-0.05, 0) is 48.7 Å². The maximum absolute atomic E-state index is 13.0. The molecule has 0 aliphatic carbocycles. The average Bonchev–Trinajstić information content (AvgIpc) is 2.77. The molecule has 0 saturated carbocycles. The summed E-state index contributed by atoms with van der Waals surface area (Å²) in [5, 5.41) is 17.3. The summed E-state index contributed by atoms with van der Waals surface area (Å²) in [5.41, 5.74) is 1.70. The van der Waals surface area contributed by atoms with E-state index in [-0.39, 0.29) is 24.5 Å². The van der Waals surface area contributed by atoms with E-state index < -0.39 is 11.5 Å². The van der Waals surface area contributed by atoms with Gasteiger partial charge in [-0.2, -0.15) is 0 Å². The first-order chi connectivity index (χ1) is 15.4. The van der Waals surface area contributed by atoms with Gasteiger partial charge in [-0.15, -0.1) is 0 Å². The first-order valence-electron chi connectivity index (χ1n) is 11.0. The number of aliphatic hydroxyl groups is 1. The Morgan fingerprint density at radius 1 is 1.06 bits per heavy atom. The number of benzene rings is 2. The van der Waals surface area contributed by atoms with Crippen LogP contribution in [0.25, 0.3) is 0 Å². The second kappa shape index (κ2) is 11.7. The summed E-state index contributed by atoms with van der Waals surface area (Å²) >= 11 is 12.0. The van der Waals surface area contributed by atoms with Gasteiger partial charge in [0.1, 0.15) is 0 Å². The third kappa shape index (κ3) is 7.91. The fourth-order valence-electron chi connectivity index (χ4n) is 3.04. The van der Waals surface area contributed by atoms with E-state index in [9.17, 15) is 14.7 Å². The summed E-state index contributed by atoms with van der Waals surface area (Å²) in [6.07, 6.45) is -0.179. The molecule has 0 spiro atoms. The second-order valence-corrected chi connectivity index (χ2v) is 9.97. The quantitative estimate of drug-likeness (QED) is 0.420. The zero-order valence-electron chi connectivity index (χ0n) is 19.8. The van der Waals surface area contributed by atoms with E-state index in [4.69, 9.17) is 23.2 Å². The Hall–Kier alpha value is -2.28. The zero-order chi connectivity index (χ0) is 24.8. The topological polar surface area (TPSA) is 81.7 Å². The number of aliphatic hydroxyl groups excluding tert-OH is 1. The maximum atomic E-state index is 13.0. The van der Waals surface area contributed by atoms with E-state index in [0.717, 1.165) is 12.0 Å². The molecule has 8 heteroatoms. The number of nitrogens with one attached hydrogen (secondary N) is 2. The van der Waals surface area contributed by atoms with Crippen LogP contribution < -0.4 is 10.6 Å². The van der Waals surface area contributed by atoms with Crippen molar-refractivity contribution in [1.82, 2.24) is 10.2 Å². The summed E-state index contributed by atoms with van der Waals surface area (Å²) in [6.45, 7) is 10.0. The van der Waals surface area contributed by atoms with E-state index in [1.54, 1.807) is 35.2 Å². The van der Waals surface area contributed by atoms with Crippen molar-refractivity contribution in [1.29, 1.82) is 0 Å². The highest BCUT2D eigenvalue weighted by Crippen LogP contribution is 2.27. The Morgan fingerprint density at radius 3 is 2.24 bits per heavy atom. The molecule has 0 aliphatic rings. The number of halogens is 2. The number of hydrogen-bond donors (Lipinski definition) is 3. The van der Waals surface area contributed by atoms with Crippen LogP contribution >= 0.6 is 23.2 Å². The largest absolute Gasteiger partial charge is 0.387 e. The maximum Gasteiger partial charge on any atom is 0.322 e. The zero-order valence-corrected chi connectivity index (χ0v) is 21.3. The van der Waals surface area contributed by atoms with Crippen LogP contribution in [-0.2, 0) is 11.3 Å². The number of carbonyl (C=O) groups excluding carboxylic acids is 2. The highest BCUT2D eigenvalue weighted by atomic mass is 35.5. The number of nitrogens with zero attached hydrogens (tertiary/aromatic N) is 1. The number of amides is 3. The molecule has 6 nitrogen and oxygen atoms in total. The molecule has 0 fully saturated rings. The minimum absolute atomic E-state index is 0.0235. The fourth-order valence-corrected chi connectivity index (χ4v) is 3.35. The molecule has 3 amide bonds. The van der Waals surface area contributed by atoms with Gasteiger partial charge >= 0.3 is 6.03 Å². The number of urea groups is 1. The molecule has 2 atom stereocenters. The Morgan fingerprint density at radius 2 is 1.70 bits per heavy atom. The van der Waals surface area contributed by atoms with Gasteiger partial charge in [-0.1, -0.05) is 69.1 Å². The van der Waals surface area contributed by atoms with Gasteiger partial charge in [0.15, 0.2) is 0 Å². The lowest BCUT2D eigenvalue weighted by atomic mass is 9.95. The van der Waals surface area contributed by atoms with Crippen LogP contribution in [0.3, 0.4) is 0 Å². The fraction of sp³-hybridized carbons (Fsp3) is 0.440. The molecule has 0 aliphatic heterocycles. The normalized spacial score (nSPS) is 13.2. The van der Waals surface area contributed by atoms with Crippen LogP contribution in [0.4, 0.5) is 10.5 Å². The molecule has 3 N–H and O–H groups in total. The van der Waals surface area contributed by atoms with Crippen molar-refractivity contribution in [3.8, 4) is 0 Å². The van der Waals surface area contributed by atoms with Crippen molar-refractivity contribution in [2.24, 2.45) is 5.41 Å². The number of rotatable bonds is 8. The highest BCUT2D eigenvalue weighted by Gasteiger charge is 2.24. The molecule has 33 heavy (non-hydrogen) atoms. The van der Waals surface area contributed by atoms with Crippen molar-refractivity contribution in [2.45, 2.75) is 59.7 Å². The summed E-state index contributed by atoms with van der Waals surface area (Å²) < 4.78 is 0. The molecule has 0 radical (unpaired) electrons. The van der Waals surface area contributed by atoms with Crippen LogP contribution in [0.1, 0.15) is 58.3 Å². The van der Waals surface area contributed by atoms with Crippen molar-refractivity contribution >= 4 is 40.8 Å². The number of carbonyl (C=O) groups is 2. The van der Waals surface area contributed by atoms with Crippen LogP contribution in [0, 0.1) is 5.41 Å². The monoisotopic (exact) mass is 493 g/mol. The van der Waals surface area contributed by atoms with Crippen molar-refractivity contribution < 1.29 is 14.7 Å². The van der Waals surface area contributed by atoms with E-state index in [2.05, 4.69) is 10.6 Å². The van der Waals surface area contributed by atoms with Crippen molar-refractivity contribution in [3.05, 3.63) is 63.6 Å². The van der Waals surface area contributed by atoms with Crippen LogP contribution in [0.15, 0.2) is 42.5 Å². The van der Waals surface area contributed by atoms with Gasteiger partial charge in [0.2, 0.25) is 5.91 Å². The van der Waals surface area contributed by atoms with Gasteiger partial charge in [0.05, 0.1) is 22.7 Å². The summed E-state index contributed by atoms with van der Waals surface area (Å²) in [6, 6.07) is 11.8. The van der Waals surface area contributed by atoms with Crippen molar-refractivity contribution in [2.75, 3.05) is 11.9 Å². The average molecular weight is 494 g/mol. The van der Waals surface area contributed by atoms with E-state index in [1.807, 2.05) is 46.8 Å². The Kier molecular flexibility index (Phi) is 9.58. The second-order valence-electron chi connectivity index (χ2n) is 9.16. The smallest absolute Gasteiger partial charge is 0.322 e. The molecular formula is C25H33Cl2N3O3. The van der Waals surface area contributed by atoms with Crippen LogP contribution in [0.5, 0.6) is 0 Å². The highest BCUT2D eigenvalue weighted by molar-refractivity contribution is 6.42. The van der Waals surface area contributed by atoms with Gasteiger partial charge in [-0.3, -0.25) is 4.79 Å². The Balaban J connectivity index is 2.04. The SMILES string of the molecule is CC[C@H](C)N(C[C@@H](O)c1ccc(Cl)c(Cl)c1)C(=O)Nc1ccc(CNC(=O)C(C)(C)C)cc1. The number of hydrogen-bond acceptors (Lipinski definition) is 3. The molecule has 2 aromatic rings. The van der Waals surface area contributed by atoms with Crippen LogP contribution in [-0.4, -0.2) is 34.5 Å². The number of anilines is 1. The third-order valence-corrected chi connectivity index (χ3v) is 6.16. The molecule has 0 saturated heterocycles. The molecule has 0 bridgehead atoms. The van der Waals surface area contributed by atoms with Crippen molar-refractivity contribution in [3.63, 3.8) is 0 Å². The predicted octanol–water partition coefficient (Wildman–Crippen LogP) is 6.02. The third-order valence-electron chi connectivity index (χ3n) is 5.42. The summed E-state index contributed by atoms with van der Waals surface area (Å²) in [4.78, 5) is 26.6. The van der Waals surface area contributed by atoms with Gasteiger partial charge < -0.3 is 20.6 Å².